The van der Waals surface area contributed by atoms with Crippen LogP contribution >= 0.6 is 0 Å². The highest BCUT2D eigenvalue weighted by molar-refractivity contribution is 5.93. The van der Waals surface area contributed by atoms with E-state index < -0.39 is 5.97 Å². The Balaban J connectivity index is 1.76. The Morgan fingerprint density at radius 3 is 2.57 bits per heavy atom. The van der Waals surface area contributed by atoms with Crippen LogP contribution in [-0.2, 0) is 4.74 Å². The van der Waals surface area contributed by atoms with E-state index in [0.717, 1.165) is 19.6 Å². The van der Waals surface area contributed by atoms with E-state index in [1.54, 1.807) is 30.3 Å². The van der Waals surface area contributed by atoms with Crippen LogP contribution in [0.15, 0.2) is 30.3 Å². The number of ether oxygens (including phenoxy) is 1. The predicted octanol–water partition coefficient (Wildman–Crippen LogP) is 2.09. The van der Waals surface area contributed by atoms with E-state index in [2.05, 4.69) is 27.1 Å². The number of carbonyl (C=O) groups excluding carboxylic acids is 2. The standard InChI is InChI=1S/C20H25N5O3/c1-4-24-8-10-25(11-9-24)18(26)17-12-14(2)21-20(23-17)22-16-7-5-6-15(13-16)19(27)28-3/h5-7,12-13H,4,8-11H2,1-3H3,(H,21,22,23). The Labute approximate surface area is 164 Å². The first kappa shape index (κ1) is 19.8. The number of aromatic nitrogens is 2. The van der Waals surface area contributed by atoms with Gasteiger partial charge in [0.1, 0.15) is 5.69 Å². The first-order chi connectivity index (χ1) is 13.5. The molecule has 2 aromatic rings. The maximum atomic E-state index is 12.9. The maximum absolute atomic E-state index is 12.9. The molecule has 28 heavy (non-hydrogen) atoms. The van der Waals surface area contributed by atoms with Crippen molar-refractivity contribution in [3.05, 3.63) is 47.3 Å². The number of anilines is 2. The molecule has 0 aliphatic carbocycles. The third-order valence-corrected chi connectivity index (χ3v) is 4.72. The Hall–Kier alpha value is -3.00. The minimum absolute atomic E-state index is 0.0902. The molecule has 0 unspecified atom stereocenters. The molecular weight excluding hydrogens is 358 g/mol. The van der Waals surface area contributed by atoms with Crippen LogP contribution in [0.1, 0.15) is 33.5 Å². The van der Waals surface area contributed by atoms with Crippen LogP contribution in [0.2, 0.25) is 0 Å². The third-order valence-electron chi connectivity index (χ3n) is 4.72. The minimum Gasteiger partial charge on any atom is -0.465 e. The Morgan fingerprint density at radius 2 is 1.89 bits per heavy atom. The van der Waals surface area contributed by atoms with Crippen LogP contribution in [0.3, 0.4) is 0 Å². The topological polar surface area (TPSA) is 87.7 Å². The number of aryl methyl sites for hydroxylation is 1. The number of benzene rings is 1. The van der Waals surface area contributed by atoms with Crippen molar-refractivity contribution in [2.75, 3.05) is 45.2 Å². The lowest BCUT2D eigenvalue weighted by molar-refractivity contribution is 0.0599. The Morgan fingerprint density at radius 1 is 1.14 bits per heavy atom. The second kappa shape index (κ2) is 8.79. The number of carbonyl (C=O) groups is 2. The number of piperazine rings is 1. The fraction of sp³-hybridized carbons (Fsp3) is 0.400. The van der Waals surface area contributed by atoms with Crippen LogP contribution in [0.4, 0.5) is 11.6 Å². The van der Waals surface area contributed by atoms with Crippen LogP contribution in [0, 0.1) is 6.92 Å². The van der Waals surface area contributed by atoms with Gasteiger partial charge in [0.25, 0.3) is 5.91 Å². The van der Waals surface area contributed by atoms with Crippen LogP contribution in [0.5, 0.6) is 0 Å². The van der Waals surface area contributed by atoms with E-state index in [1.165, 1.54) is 7.11 Å². The van der Waals surface area contributed by atoms with Gasteiger partial charge in [-0.1, -0.05) is 13.0 Å². The number of rotatable bonds is 5. The molecule has 1 aromatic carbocycles. The number of esters is 1. The lowest BCUT2D eigenvalue weighted by Gasteiger charge is -2.33. The van der Waals surface area contributed by atoms with Gasteiger partial charge in [-0.3, -0.25) is 4.79 Å². The summed E-state index contributed by atoms with van der Waals surface area (Å²) in [4.78, 5) is 37.5. The molecule has 8 nitrogen and oxygen atoms in total. The van der Waals surface area contributed by atoms with Gasteiger partial charge in [0.05, 0.1) is 12.7 Å². The average molecular weight is 383 g/mol. The first-order valence-electron chi connectivity index (χ1n) is 9.33. The van der Waals surface area contributed by atoms with Crippen molar-refractivity contribution in [1.29, 1.82) is 0 Å². The molecule has 1 saturated heterocycles. The molecule has 1 aliphatic rings. The molecule has 3 rings (SSSR count). The van der Waals surface area contributed by atoms with Crippen molar-refractivity contribution in [2.45, 2.75) is 13.8 Å². The maximum Gasteiger partial charge on any atom is 0.337 e. The number of likely N-dealkylation sites (N-methyl/N-ethyl adjacent to an activating group) is 1. The molecule has 0 atom stereocenters. The Bertz CT molecular complexity index is 863. The molecule has 1 fully saturated rings. The monoisotopic (exact) mass is 383 g/mol. The summed E-state index contributed by atoms with van der Waals surface area (Å²) in [7, 11) is 1.34. The number of nitrogens with zero attached hydrogens (tertiary/aromatic N) is 4. The molecule has 2 heterocycles. The number of amides is 1. The zero-order chi connectivity index (χ0) is 20.1. The smallest absolute Gasteiger partial charge is 0.337 e. The third kappa shape index (κ3) is 4.64. The summed E-state index contributed by atoms with van der Waals surface area (Å²) in [5.41, 5.74) is 2.12. The number of hydrogen-bond acceptors (Lipinski definition) is 7. The molecule has 1 aromatic heterocycles. The minimum atomic E-state index is -0.420. The Kier molecular flexibility index (Phi) is 6.20. The molecule has 0 spiro atoms. The van der Waals surface area contributed by atoms with Gasteiger partial charge >= 0.3 is 5.97 Å². The van der Waals surface area contributed by atoms with Gasteiger partial charge in [-0.15, -0.1) is 0 Å². The lowest BCUT2D eigenvalue weighted by Crippen LogP contribution is -2.48. The summed E-state index contributed by atoms with van der Waals surface area (Å²) >= 11 is 0. The summed E-state index contributed by atoms with van der Waals surface area (Å²) in [5.74, 6) is -0.193. The van der Waals surface area contributed by atoms with Crippen molar-refractivity contribution in [2.24, 2.45) is 0 Å². The van der Waals surface area contributed by atoms with Crippen LogP contribution in [0.25, 0.3) is 0 Å². The molecule has 0 radical (unpaired) electrons. The summed E-state index contributed by atoms with van der Waals surface area (Å²) in [6, 6.07) is 8.56. The predicted molar refractivity (Wildman–Crippen MR) is 106 cm³/mol. The van der Waals surface area contributed by atoms with Crippen molar-refractivity contribution in [3.8, 4) is 0 Å². The van der Waals surface area contributed by atoms with Crippen LogP contribution < -0.4 is 5.32 Å². The van der Waals surface area contributed by atoms with Gasteiger partial charge in [-0.05, 0) is 37.7 Å². The highest BCUT2D eigenvalue weighted by Crippen LogP contribution is 2.17. The van der Waals surface area contributed by atoms with E-state index in [4.69, 9.17) is 4.74 Å². The lowest BCUT2D eigenvalue weighted by atomic mass is 10.2. The van der Waals surface area contributed by atoms with Gasteiger partial charge in [0.15, 0.2) is 0 Å². The van der Waals surface area contributed by atoms with E-state index in [1.807, 2.05) is 11.8 Å². The average Bonchev–Trinajstić information content (AvgIpc) is 2.72. The molecular formula is C20H25N5O3. The van der Waals surface area contributed by atoms with Crippen molar-refractivity contribution in [1.82, 2.24) is 19.8 Å². The highest BCUT2D eigenvalue weighted by atomic mass is 16.5. The van der Waals surface area contributed by atoms with Crippen LogP contribution in [-0.4, -0.2) is 71.5 Å². The van der Waals surface area contributed by atoms with E-state index in [9.17, 15) is 9.59 Å². The first-order valence-corrected chi connectivity index (χ1v) is 9.33. The molecule has 8 heteroatoms. The van der Waals surface area contributed by atoms with Crippen molar-refractivity contribution >= 4 is 23.5 Å². The summed E-state index contributed by atoms with van der Waals surface area (Å²) < 4.78 is 4.74. The summed E-state index contributed by atoms with van der Waals surface area (Å²) in [6.07, 6.45) is 0. The number of nitrogens with one attached hydrogen (secondary N) is 1. The van der Waals surface area contributed by atoms with Gasteiger partial charge < -0.3 is 19.9 Å². The van der Waals surface area contributed by atoms with Crippen molar-refractivity contribution in [3.63, 3.8) is 0 Å². The second-order valence-electron chi connectivity index (χ2n) is 6.64. The van der Waals surface area contributed by atoms with Gasteiger partial charge in [0.2, 0.25) is 5.95 Å². The molecule has 148 valence electrons. The zero-order valence-corrected chi connectivity index (χ0v) is 16.4. The highest BCUT2D eigenvalue weighted by Gasteiger charge is 2.23. The van der Waals surface area contributed by atoms with Gasteiger partial charge in [-0.25, -0.2) is 14.8 Å². The fourth-order valence-electron chi connectivity index (χ4n) is 3.13. The van der Waals surface area contributed by atoms with Gasteiger partial charge in [-0.2, -0.15) is 0 Å². The van der Waals surface area contributed by atoms with E-state index in [0.29, 0.717) is 41.7 Å². The number of methoxy groups -OCH3 is 1. The quantitative estimate of drug-likeness (QED) is 0.791. The normalized spacial score (nSPS) is 14.6. The van der Waals surface area contributed by atoms with Gasteiger partial charge in [0, 0.05) is 37.6 Å². The summed E-state index contributed by atoms with van der Waals surface area (Å²) in [6.45, 7) is 8.07. The summed E-state index contributed by atoms with van der Waals surface area (Å²) in [5, 5.41) is 3.07. The molecule has 0 saturated carbocycles. The molecule has 1 amide bonds. The zero-order valence-electron chi connectivity index (χ0n) is 16.4. The SMILES string of the molecule is CCN1CCN(C(=O)c2cc(C)nc(Nc3cccc(C(=O)OC)c3)n2)CC1. The number of hydrogen-bond donors (Lipinski definition) is 1. The van der Waals surface area contributed by atoms with E-state index in [-0.39, 0.29) is 5.91 Å². The second-order valence-corrected chi connectivity index (χ2v) is 6.64. The molecule has 1 N–H and O–H groups in total. The van der Waals surface area contributed by atoms with E-state index >= 15 is 0 Å². The fourth-order valence-corrected chi connectivity index (χ4v) is 3.13. The largest absolute Gasteiger partial charge is 0.465 e. The molecule has 1 aliphatic heterocycles. The molecule has 0 bridgehead atoms. The van der Waals surface area contributed by atoms with Crippen molar-refractivity contribution < 1.29 is 14.3 Å².